The Hall–Kier alpha value is -1.65. The van der Waals surface area contributed by atoms with E-state index in [2.05, 4.69) is 85.4 Å². The van der Waals surface area contributed by atoms with Crippen molar-refractivity contribution in [2.75, 3.05) is 33.3 Å². The standard InChI is InChI=1S/C25H40N6O.HI/c1-7-26-25(29(5)17-23-18-30(6)28-24(23)19(2)3)27-14-21-9-8-10-22(13-21)16-31-11-12-32-20(4)15-31;/h8-10,13,18-20H,7,11-12,14-17H2,1-6H3,(H,26,27);1H. The van der Waals surface area contributed by atoms with Gasteiger partial charge in [0.1, 0.15) is 0 Å². The molecule has 1 aromatic carbocycles. The van der Waals surface area contributed by atoms with Crippen LogP contribution >= 0.6 is 24.0 Å². The Kier molecular flexibility index (Phi) is 11.1. The second kappa shape index (κ2) is 13.3. The number of rotatable bonds is 8. The van der Waals surface area contributed by atoms with Crippen molar-refractivity contribution in [3.63, 3.8) is 0 Å². The molecule has 0 bridgehead atoms. The summed E-state index contributed by atoms with van der Waals surface area (Å²) < 4.78 is 7.57. The minimum Gasteiger partial charge on any atom is -0.376 e. The highest BCUT2D eigenvalue weighted by atomic mass is 127. The van der Waals surface area contributed by atoms with Crippen LogP contribution in [-0.2, 0) is 31.4 Å². The van der Waals surface area contributed by atoms with Gasteiger partial charge >= 0.3 is 0 Å². The number of hydrogen-bond donors (Lipinski definition) is 1. The molecule has 1 fully saturated rings. The second-order valence-corrected chi connectivity index (χ2v) is 9.13. The van der Waals surface area contributed by atoms with E-state index in [9.17, 15) is 0 Å². The Morgan fingerprint density at radius 2 is 2.09 bits per heavy atom. The van der Waals surface area contributed by atoms with Crippen molar-refractivity contribution >= 4 is 29.9 Å². The monoisotopic (exact) mass is 568 g/mol. The predicted molar refractivity (Wildman–Crippen MR) is 146 cm³/mol. The molecule has 0 spiro atoms. The van der Waals surface area contributed by atoms with E-state index in [1.54, 1.807) is 0 Å². The molecule has 1 N–H and O–H groups in total. The smallest absolute Gasteiger partial charge is 0.194 e. The molecule has 1 unspecified atom stereocenters. The van der Waals surface area contributed by atoms with Crippen LogP contribution in [-0.4, -0.2) is 64.9 Å². The van der Waals surface area contributed by atoms with Crippen LogP contribution in [0.4, 0.5) is 0 Å². The maximum absolute atomic E-state index is 5.67. The first-order valence-corrected chi connectivity index (χ1v) is 11.8. The maximum Gasteiger partial charge on any atom is 0.194 e. The van der Waals surface area contributed by atoms with Crippen molar-refractivity contribution in [1.29, 1.82) is 0 Å². The van der Waals surface area contributed by atoms with E-state index in [1.165, 1.54) is 16.7 Å². The van der Waals surface area contributed by atoms with E-state index in [0.29, 0.717) is 18.6 Å². The lowest BCUT2D eigenvalue weighted by molar-refractivity contribution is -0.0212. The third kappa shape index (κ3) is 8.26. The van der Waals surface area contributed by atoms with Gasteiger partial charge in [-0.15, -0.1) is 24.0 Å². The summed E-state index contributed by atoms with van der Waals surface area (Å²) in [7, 11) is 4.08. The largest absolute Gasteiger partial charge is 0.376 e. The first kappa shape index (κ1) is 27.6. The molecule has 3 rings (SSSR count). The topological polar surface area (TPSA) is 57.9 Å². The molecule has 7 nitrogen and oxygen atoms in total. The third-order valence-electron chi connectivity index (χ3n) is 5.72. The highest BCUT2D eigenvalue weighted by Gasteiger charge is 2.17. The lowest BCUT2D eigenvalue weighted by Gasteiger charge is -2.31. The molecule has 1 aliphatic rings. The molecule has 8 heteroatoms. The summed E-state index contributed by atoms with van der Waals surface area (Å²) in [6.45, 7) is 14.7. The van der Waals surface area contributed by atoms with E-state index in [-0.39, 0.29) is 24.0 Å². The van der Waals surface area contributed by atoms with Gasteiger partial charge in [-0.2, -0.15) is 5.10 Å². The molecule has 0 aliphatic carbocycles. The quantitative estimate of drug-likeness (QED) is 0.297. The summed E-state index contributed by atoms with van der Waals surface area (Å²) in [5.74, 6) is 1.31. The first-order chi connectivity index (χ1) is 15.4. The Labute approximate surface area is 216 Å². The lowest BCUT2D eigenvalue weighted by Crippen LogP contribution is -2.40. The molecule has 2 aromatic rings. The number of hydrogen-bond acceptors (Lipinski definition) is 4. The molecule has 1 aliphatic heterocycles. The molecule has 0 saturated carbocycles. The molecule has 1 saturated heterocycles. The fraction of sp³-hybridized carbons (Fsp3) is 0.600. The number of guanidine groups is 1. The van der Waals surface area contributed by atoms with Gasteiger partial charge in [-0.25, -0.2) is 4.99 Å². The van der Waals surface area contributed by atoms with Crippen LogP contribution in [0.1, 0.15) is 56.0 Å². The number of ether oxygens (including phenoxy) is 1. The highest BCUT2D eigenvalue weighted by molar-refractivity contribution is 14.0. The summed E-state index contributed by atoms with van der Waals surface area (Å²) in [4.78, 5) is 9.58. The zero-order valence-corrected chi connectivity index (χ0v) is 23.4. The van der Waals surface area contributed by atoms with Crippen LogP contribution in [0, 0.1) is 0 Å². The summed E-state index contributed by atoms with van der Waals surface area (Å²) >= 11 is 0. The van der Waals surface area contributed by atoms with Gasteiger partial charge in [0.2, 0.25) is 0 Å². The average Bonchev–Trinajstić information content (AvgIpc) is 3.11. The zero-order chi connectivity index (χ0) is 23.1. The van der Waals surface area contributed by atoms with Gasteiger partial charge < -0.3 is 15.0 Å². The number of halogens is 1. The summed E-state index contributed by atoms with van der Waals surface area (Å²) in [5, 5.41) is 8.08. The number of aliphatic imine (C=N–C) groups is 1. The third-order valence-corrected chi connectivity index (χ3v) is 5.72. The van der Waals surface area contributed by atoms with Crippen molar-refractivity contribution < 1.29 is 4.74 Å². The van der Waals surface area contributed by atoms with Gasteiger partial charge in [0, 0.05) is 58.6 Å². The van der Waals surface area contributed by atoms with Gasteiger partial charge in [0.15, 0.2) is 5.96 Å². The number of benzene rings is 1. The second-order valence-electron chi connectivity index (χ2n) is 9.13. The van der Waals surface area contributed by atoms with E-state index < -0.39 is 0 Å². The number of aryl methyl sites for hydroxylation is 1. The fourth-order valence-electron chi connectivity index (χ4n) is 4.25. The highest BCUT2D eigenvalue weighted by Crippen LogP contribution is 2.19. The van der Waals surface area contributed by atoms with Crippen molar-refractivity contribution in [3.8, 4) is 0 Å². The molecule has 33 heavy (non-hydrogen) atoms. The molecule has 1 aromatic heterocycles. The predicted octanol–water partition coefficient (Wildman–Crippen LogP) is 3.98. The number of aromatic nitrogens is 2. The summed E-state index contributed by atoms with van der Waals surface area (Å²) in [6, 6.07) is 8.80. The van der Waals surface area contributed by atoms with Crippen LogP contribution in [0.15, 0.2) is 35.5 Å². The Balaban J connectivity index is 0.00000385. The van der Waals surface area contributed by atoms with E-state index in [4.69, 9.17) is 9.73 Å². The molecule has 2 heterocycles. The minimum atomic E-state index is 0. The number of nitrogens with one attached hydrogen (secondary N) is 1. The molecule has 1 atom stereocenters. The van der Waals surface area contributed by atoms with Crippen molar-refractivity contribution in [3.05, 3.63) is 52.8 Å². The molecule has 0 radical (unpaired) electrons. The normalized spacial score (nSPS) is 17.2. The lowest BCUT2D eigenvalue weighted by atomic mass is 10.1. The van der Waals surface area contributed by atoms with Crippen LogP contribution in [0.3, 0.4) is 0 Å². The van der Waals surface area contributed by atoms with Gasteiger partial charge in [0.05, 0.1) is 24.9 Å². The number of nitrogens with zero attached hydrogens (tertiary/aromatic N) is 5. The van der Waals surface area contributed by atoms with Gasteiger partial charge in [-0.3, -0.25) is 9.58 Å². The molecule has 184 valence electrons. The molecular weight excluding hydrogens is 527 g/mol. The van der Waals surface area contributed by atoms with Gasteiger partial charge in [-0.1, -0.05) is 38.1 Å². The SMILES string of the molecule is CCNC(=NCc1cccc(CN2CCOC(C)C2)c1)N(C)Cc1cn(C)nc1C(C)C.I. The molecular formula is C25H41IN6O. The average molecular weight is 569 g/mol. The van der Waals surface area contributed by atoms with Crippen molar-refractivity contribution in [2.24, 2.45) is 12.0 Å². The molecule has 0 amide bonds. The zero-order valence-electron chi connectivity index (χ0n) is 21.0. The summed E-state index contributed by atoms with van der Waals surface area (Å²) in [5.41, 5.74) is 4.97. The van der Waals surface area contributed by atoms with Crippen LogP contribution in [0.5, 0.6) is 0 Å². The Morgan fingerprint density at radius 3 is 2.79 bits per heavy atom. The fourth-order valence-corrected chi connectivity index (χ4v) is 4.25. The van der Waals surface area contributed by atoms with Crippen LogP contribution in [0.2, 0.25) is 0 Å². The maximum atomic E-state index is 5.67. The van der Waals surface area contributed by atoms with Crippen molar-refractivity contribution in [2.45, 2.75) is 59.4 Å². The first-order valence-electron chi connectivity index (χ1n) is 11.8. The van der Waals surface area contributed by atoms with E-state index >= 15 is 0 Å². The summed E-state index contributed by atoms with van der Waals surface area (Å²) in [6.07, 6.45) is 2.43. The van der Waals surface area contributed by atoms with Gasteiger partial charge in [0.25, 0.3) is 0 Å². The van der Waals surface area contributed by atoms with Gasteiger partial charge in [-0.05, 0) is 30.9 Å². The van der Waals surface area contributed by atoms with Crippen LogP contribution in [0.25, 0.3) is 0 Å². The Morgan fingerprint density at radius 1 is 1.33 bits per heavy atom. The van der Waals surface area contributed by atoms with Crippen LogP contribution < -0.4 is 5.32 Å². The number of morpholine rings is 1. The minimum absolute atomic E-state index is 0. The van der Waals surface area contributed by atoms with E-state index in [1.807, 2.05) is 11.7 Å². The van der Waals surface area contributed by atoms with E-state index in [0.717, 1.165) is 51.0 Å². The Bertz CT molecular complexity index is 897. The van der Waals surface area contributed by atoms with Crippen molar-refractivity contribution in [1.82, 2.24) is 24.9 Å².